The van der Waals surface area contributed by atoms with Gasteiger partial charge in [-0.15, -0.1) is 0 Å². The third-order valence-electron chi connectivity index (χ3n) is 2.18. The Labute approximate surface area is 112 Å². The van der Waals surface area contributed by atoms with E-state index in [4.69, 9.17) is 4.52 Å². The zero-order valence-corrected chi connectivity index (χ0v) is 11.5. The number of Topliss-reactive ketones (excluding diaryl/α,β-unsaturated/α-hetero) is 1. The highest BCUT2D eigenvalue weighted by atomic mass is 32.2. The van der Waals surface area contributed by atoms with Crippen LogP contribution in [0.2, 0.25) is 0 Å². The first-order valence-electron chi connectivity index (χ1n) is 5.17. The molecular formula is C9H11F3N2O5S. The minimum atomic E-state index is -5.71. The van der Waals surface area contributed by atoms with Crippen molar-refractivity contribution in [3.05, 3.63) is 11.7 Å². The van der Waals surface area contributed by atoms with Crippen LogP contribution in [-0.4, -0.2) is 36.5 Å². The molecule has 0 unspecified atom stereocenters. The number of hydrogen-bond donors (Lipinski definition) is 0. The fourth-order valence-corrected chi connectivity index (χ4v) is 1.58. The summed E-state index contributed by atoms with van der Waals surface area (Å²) in [6, 6.07) is 0. The molecule has 1 aromatic heterocycles. The van der Waals surface area contributed by atoms with Gasteiger partial charge in [0.1, 0.15) is 0 Å². The van der Waals surface area contributed by atoms with Gasteiger partial charge in [0.25, 0.3) is 0 Å². The van der Waals surface area contributed by atoms with Crippen LogP contribution in [0.25, 0.3) is 0 Å². The molecular weight excluding hydrogens is 305 g/mol. The standard InChI is InChI=1S/C9H11F3N2O5S/c1-5(15)6-13-7(19-14-6)8(2,3)4-18-20(16,17)9(10,11)12/h4H2,1-3H3. The summed E-state index contributed by atoms with van der Waals surface area (Å²) in [5, 5.41) is 3.31. The Kier molecular flexibility index (Phi) is 4.25. The van der Waals surface area contributed by atoms with Gasteiger partial charge in [0.2, 0.25) is 17.5 Å². The van der Waals surface area contributed by atoms with E-state index in [-0.39, 0.29) is 11.7 Å². The van der Waals surface area contributed by atoms with Crippen LogP contribution in [-0.2, 0) is 19.7 Å². The SMILES string of the molecule is CC(=O)c1noc(C(C)(C)COS(=O)(=O)C(F)(F)F)n1. The molecule has 114 valence electrons. The van der Waals surface area contributed by atoms with E-state index in [1.807, 2.05) is 0 Å². The van der Waals surface area contributed by atoms with Crippen molar-refractivity contribution in [2.24, 2.45) is 0 Å². The van der Waals surface area contributed by atoms with Gasteiger partial charge in [-0.3, -0.25) is 8.98 Å². The van der Waals surface area contributed by atoms with E-state index in [9.17, 15) is 26.4 Å². The Bertz CT molecular complexity index is 605. The lowest BCUT2D eigenvalue weighted by Gasteiger charge is -2.19. The molecule has 0 N–H and O–H groups in total. The van der Waals surface area contributed by atoms with Gasteiger partial charge in [-0.25, -0.2) is 0 Å². The van der Waals surface area contributed by atoms with Crippen LogP contribution in [0, 0.1) is 0 Å². The quantitative estimate of drug-likeness (QED) is 0.460. The first-order chi connectivity index (χ1) is 8.87. The number of hydrogen-bond acceptors (Lipinski definition) is 7. The smallest absolute Gasteiger partial charge is 0.338 e. The molecule has 0 radical (unpaired) electrons. The van der Waals surface area contributed by atoms with Gasteiger partial charge in [-0.05, 0) is 13.8 Å². The van der Waals surface area contributed by atoms with E-state index in [2.05, 4.69) is 14.3 Å². The van der Waals surface area contributed by atoms with Gasteiger partial charge < -0.3 is 4.52 Å². The molecule has 11 heteroatoms. The van der Waals surface area contributed by atoms with Crippen LogP contribution in [0.3, 0.4) is 0 Å². The normalized spacial score (nSPS) is 13.5. The first-order valence-corrected chi connectivity index (χ1v) is 6.58. The number of carbonyl (C=O) groups excluding carboxylic acids is 1. The predicted molar refractivity (Wildman–Crippen MR) is 58.3 cm³/mol. The highest BCUT2D eigenvalue weighted by molar-refractivity contribution is 7.87. The van der Waals surface area contributed by atoms with Crippen LogP contribution < -0.4 is 0 Å². The van der Waals surface area contributed by atoms with Crippen molar-refractivity contribution >= 4 is 15.9 Å². The Balaban J connectivity index is 2.87. The highest BCUT2D eigenvalue weighted by Gasteiger charge is 2.48. The van der Waals surface area contributed by atoms with Crippen molar-refractivity contribution in [1.82, 2.24) is 10.1 Å². The van der Waals surface area contributed by atoms with E-state index >= 15 is 0 Å². The minimum absolute atomic E-state index is 0.208. The molecule has 0 aliphatic rings. The molecule has 0 aromatic carbocycles. The predicted octanol–water partition coefficient (Wildman–Crippen LogP) is 1.42. The van der Waals surface area contributed by atoms with Gasteiger partial charge in [0.15, 0.2) is 0 Å². The largest absolute Gasteiger partial charge is 0.523 e. The van der Waals surface area contributed by atoms with Gasteiger partial charge in [0, 0.05) is 6.92 Å². The summed E-state index contributed by atoms with van der Waals surface area (Å²) in [6.45, 7) is 2.97. The van der Waals surface area contributed by atoms with E-state index in [1.54, 1.807) is 0 Å². The Morgan fingerprint density at radius 3 is 2.30 bits per heavy atom. The monoisotopic (exact) mass is 316 g/mol. The van der Waals surface area contributed by atoms with Crippen molar-refractivity contribution in [2.75, 3.05) is 6.61 Å². The van der Waals surface area contributed by atoms with Crippen molar-refractivity contribution in [3.63, 3.8) is 0 Å². The number of aromatic nitrogens is 2. The van der Waals surface area contributed by atoms with Crippen LogP contribution in [0.5, 0.6) is 0 Å². The lowest BCUT2D eigenvalue weighted by molar-refractivity contribution is -0.0554. The maximum Gasteiger partial charge on any atom is 0.523 e. The van der Waals surface area contributed by atoms with Crippen LogP contribution in [0.4, 0.5) is 13.2 Å². The third kappa shape index (κ3) is 3.54. The molecule has 1 heterocycles. The van der Waals surface area contributed by atoms with E-state index in [1.165, 1.54) is 20.8 Å². The molecule has 0 aliphatic carbocycles. The van der Waals surface area contributed by atoms with Gasteiger partial charge in [-0.2, -0.15) is 26.6 Å². The summed E-state index contributed by atoms with van der Waals surface area (Å²) in [4.78, 5) is 14.6. The van der Waals surface area contributed by atoms with Crippen LogP contribution in [0.1, 0.15) is 37.3 Å². The van der Waals surface area contributed by atoms with Crippen LogP contribution in [0.15, 0.2) is 4.52 Å². The number of alkyl halides is 3. The Hall–Kier alpha value is -1.49. The zero-order chi connectivity index (χ0) is 15.8. The van der Waals surface area contributed by atoms with Crippen LogP contribution >= 0.6 is 0 Å². The maximum atomic E-state index is 12.1. The summed E-state index contributed by atoms with van der Waals surface area (Å²) < 4.78 is 66.5. The number of nitrogens with zero attached hydrogens (tertiary/aromatic N) is 2. The fraction of sp³-hybridized carbons (Fsp3) is 0.667. The number of rotatable bonds is 5. The number of carbonyl (C=O) groups is 1. The summed E-state index contributed by atoms with van der Waals surface area (Å²) in [5.41, 5.74) is -6.83. The molecule has 0 spiro atoms. The molecule has 20 heavy (non-hydrogen) atoms. The van der Waals surface area contributed by atoms with E-state index in [0.29, 0.717) is 0 Å². The average Bonchev–Trinajstić information content (AvgIpc) is 2.75. The zero-order valence-electron chi connectivity index (χ0n) is 10.7. The van der Waals surface area contributed by atoms with Gasteiger partial charge in [-0.1, -0.05) is 5.16 Å². The Morgan fingerprint density at radius 2 is 1.90 bits per heavy atom. The van der Waals surface area contributed by atoms with E-state index in [0.717, 1.165) is 0 Å². The van der Waals surface area contributed by atoms with Crippen molar-refractivity contribution in [2.45, 2.75) is 31.7 Å². The number of ketones is 1. The molecule has 7 nitrogen and oxygen atoms in total. The summed E-state index contributed by atoms with van der Waals surface area (Å²) in [6.07, 6.45) is 0. The summed E-state index contributed by atoms with van der Waals surface area (Å²) in [7, 11) is -5.71. The molecule has 0 fully saturated rings. The van der Waals surface area contributed by atoms with Gasteiger partial charge in [0.05, 0.1) is 12.0 Å². The second kappa shape index (κ2) is 5.13. The second-order valence-corrected chi connectivity index (χ2v) is 6.13. The average molecular weight is 316 g/mol. The molecule has 0 atom stereocenters. The lowest BCUT2D eigenvalue weighted by Crippen LogP contribution is -2.32. The molecule has 0 saturated carbocycles. The van der Waals surface area contributed by atoms with Crippen molar-refractivity contribution in [1.29, 1.82) is 0 Å². The summed E-state index contributed by atoms with van der Waals surface area (Å²) >= 11 is 0. The topological polar surface area (TPSA) is 99.4 Å². The summed E-state index contributed by atoms with van der Waals surface area (Å²) in [5.74, 6) is -0.966. The van der Waals surface area contributed by atoms with Crippen molar-refractivity contribution < 1.29 is 35.1 Å². The first kappa shape index (κ1) is 16.6. The van der Waals surface area contributed by atoms with Crippen molar-refractivity contribution in [3.8, 4) is 0 Å². The Morgan fingerprint density at radius 1 is 1.35 bits per heavy atom. The second-order valence-electron chi connectivity index (χ2n) is 4.53. The minimum Gasteiger partial charge on any atom is -0.338 e. The molecule has 1 rings (SSSR count). The lowest BCUT2D eigenvalue weighted by atomic mass is 9.95. The fourth-order valence-electron chi connectivity index (χ4n) is 0.995. The van der Waals surface area contributed by atoms with E-state index < -0.39 is 33.4 Å². The third-order valence-corrected chi connectivity index (χ3v) is 3.17. The van der Waals surface area contributed by atoms with Gasteiger partial charge >= 0.3 is 15.6 Å². The molecule has 0 bridgehead atoms. The maximum absolute atomic E-state index is 12.1. The molecule has 0 aliphatic heterocycles. The molecule has 0 amide bonds. The molecule has 1 aromatic rings. The molecule has 0 saturated heterocycles. The number of halogens is 3. The highest BCUT2D eigenvalue weighted by Crippen LogP contribution is 2.28.